The minimum absolute atomic E-state index is 0.418. The minimum atomic E-state index is -0.418. The fourth-order valence-electron chi connectivity index (χ4n) is 0.651. The maximum Gasteiger partial charge on any atom is 0.0768 e. The van der Waals surface area contributed by atoms with Crippen LogP contribution in [0.4, 0.5) is 0 Å². The molecule has 2 N–H and O–H groups in total. The van der Waals surface area contributed by atoms with Crippen LogP contribution in [0.25, 0.3) is 0 Å². The van der Waals surface area contributed by atoms with Gasteiger partial charge in [0.15, 0.2) is 0 Å². The van der Waals surface area contributed by atoms with Gasteiger partial charge in [0, 0.05) is 9.52 Å². The predicted molar refractivity (Wildman–Crippen MR) is 27.4 cm³/mol. The lowest BCUT2D eigenvalue weighted by atomic mass is 10.3. The molecule has 0 aliphatic carbocycles. The Bertz CT molecular complexity index is 58.7. The van der Waals surface area contributed by atoms with Gasteiger partial charge in [0.2, 0.25) is 0 Å². The lowest BCUT2D eigenvalue weighted by Crippen LogP contribution is -2.16. The maximum absolute atomic E-state index is 8.75. The molecule has 0 amide bonds. The van der Waals surface area contributed by atoms with Gasteiger partial charge in [-0.1, -0.05) is 0 Å². The molecule has 1 aliphatic heterocycles. The number of aliphatic hydroxyl groups excluding tert-OH is 2. The summed E-state index contributed by atoms with van der Waals surface area (Å²) in [5.41, 5.74) is 0. The monoisotopic (exact) mass is 116 g/mol. The molecule has 0 spiro atoms. The molecule has 40 valence electrons. The van der Waals surface area contributed by atoms with Crippen LogP contribution in [0.3, 0.4) is 0 Å². The molecule has 2 nitrogen and oxygen atoms in total. The molecule has 0 unspecified atom stereocenters. The van der Waals surface area contributed by atoms with E-state index in [1.165, 1.54) is 0 Å². The molecule has 2 radical (unpaired) electrons. The van der Waals surface area contributed by atoms with Gasteiger partial charge < -0.3 is 10.2 Å². The van der Waals surface area contributed by atoms with Crippen molar-refractivity contribution in [1.29, 1.82) is 0 Å². The Kier molecular flexibility index (Phi) is 1.46. The van der Waals surface area contributed by atoms with Crippen molar-refractivity contribution in [3.63, 3.8) is 0 Å². The topological polar surface area (TPSA) is 40.5 Å². The van der Waals surface area contributed by atoms with E-state index in [9.17, 15) is 0 Å². The van der Waals surface area contributed by atoms with Crippen molar-refractivity contribution in [3.05, 3.63) is 0 Å². The van der Waals surface area contributed by atoms with Crippen molar-refractivity contribution in [3.8, 4) is 0 Å². The highest BCUT2D eigenvalue weighted by atomic mass is 28.2. The van der Waals surface area contributed by atoms with Crippen LogP contribution in [0.15, 0.2) is 0 Å². The second-order valence-electron chi connectivity index (χ2n) is 1.79. The molecule has 1 heterocycles. The number of rotatable bonds is 0. The van der Waals surface area contributed by atoms with Crippen molar-refractivity contribution >= 4 is 9.52 Å². The first-order valence-corrected chi connectivity index (χ1v) is 3.79. The Morgan fingerprint density at radius 3 is 1.71 bits per heavy atom. The molecule has 0 bridgehead atoms. The second kappa shape index (κ2) is 1.94. The first-order chi connectivity index (χ1) is 3.30. The lowest BCUT2D eigenvalue weighted by molar-refractivity contribution is 0.0542. The van der Waals surface area contributed by atoms with Gasteiger partial charge in [-0.25, -0.2) is 0 Å². The molecular weight excluding hydrogens is 108 g/mol. The number of aliphatic hydroxyl groups is 2. The average Bonchev–Trinajstić information content (AvgIpc) is 1.91. The van der Waals surface area contributed by atoms with Gasteiger partial charge in [0.1, 0.15) is 0 Å². The van der Waals surface area contributed by atoms with Gasteiger partial charge in [-0.05, 0) is 12.1 Å². The van der Waals surface area contributed by atoms with Crippen LogP contribution in [0.1, 0.15) is 0 Å². The third kappa shape index (κ3) is 1.02. The van der Waals surface area contributed by atoms with E-state index < -0.39 is 12.2 Å². The summed E-state index contributed by atoms with van der Waals surface area (Å²) in [5, 5.41) is 17.5. The second-order valence-corrected chi connectivity index (χ2v) is 3.11. The molecule has 1 rings (SSSR count). The molecule has 2 atom stereocenters. The molecule has 7 heavy (non-hydrogen) atoms. The summed E-state index contributed by atoms with van der Waals surface area (Å²) >= 11 is 0. The average molecular weight is 116 g/mol. The lowest BCUT2D eigenvalue weighted by Gasteiger charge is -2.03. The van der Waals surface area contributed by atoms with Gasteiger partial charge in [-0.2, -0.15) is 0 Å². The first kappa shape index (κ1) is 5.28. The zero-order chi connectivity index (χ0) is 5.28. The first-order valence-electron chi connectivity index (χ1n) is 2.37. The van der Waals surface area contributed by atoms with Gasteiger partial charge in [-0.3, -0.25) is 0 Å². The Balaban J connectivity index is 2.33. The van der Waals surface area contributed by atoms with Gasteiger partial charge in [0.05, 0.1) is 12.2 Å². The molecule has 0 saturated carbocycles. The van der Waals surface area contributed by atoms with Gasteiger partial charge in [-0.15, -0.1) is 0 Å². The molecule has 3 heteroatoms. The van der Waals surface area contributed by atoms with Crippen molar-refractivity contribution in [2.45, 2.75) is 24.3 Å². The number of hydrogen-bond acceptors (Lipinski definition) is 2. The fourth-order valence-corrected chi connectivity index (χ4v) is 1.95. The minimum Gasteiger partial charge on any atom is -0.391 e. The molecular formula is C4H8O2Si. The maximum atomic E-state index is 8.75. The zero-order valence-corrected chi connectivity index (χ0v) is 4.96. The van der Waals surface area contributed by atoms with E-state index in [0.717, 1.165) is 21.6 Å². The van der Waals surface area contributed by atoms with E-state index in [4.69, 9.17) is 10.2 Å². The molecule has 1 saturated heterocycles. The van der Waals surface area contributed by atoms with E-state index in [1.807, 2.05) is 0 Å². The molecule has 0 aromatic rings. The van der Waals surface area contributed by atoms with Crippen molar-refractivity contribution in [2.75, 3.05) is 0 Å². The standard InChI is InChI=1S/C4H8O2Si/c5-3-1-7-2-4(3)6/h3-6H,1-2H2/t3-,4-/m1/s1. The van der Waals surface area contributed by atoms with Crippen molar-refractivity contribution < 1.29 is 10.2 Å². The van der Waals surface area contributed by atoms with Crippen molar-refractivity contribution in [2.24, 2.45) is 0 Å². The Labute approximate surface area is 45.0 Å². The predicted octanol–water partition coefficient (Wildman–Crippen LogP) is -0.737. The summed E-state index contributed by atoms with van der Waals surface area (Å²) in [5.74, 6) is 0. The Hall–Kier alpha value is 0.137. The van der Waals surface area contributed by atoms with E-state index in [2.05, 4.69) is 0 Å². The fraction of sp³-hybridized carbons (Fsp3) is 1.00. The van der Waals surface area contributed by atoms with Crippen LogP contribution in [-0.4, -0.2) is 31.9 Å². The highest BCUT2D eigenvalue weighted by Gasteiger charge is 2.22. The summed E-state index contributed by atoms with van der Waals surface area (Å²) in [4.78, 5) is 0. The van der Waals surface area contributed by atoms with E-state index in [1.54, 1.807) is 0 Å². The Morgan fingerprint density at radius 1 is 1.14 bits per heavy atom. The summed E-state index contributed by atoms with van der Waals surface area (Å²) < 4.78 is 0. The number of hydrogen-bond donors (Lipinski definition) is 2. The van der Waals surface area contributed by atoms with Crippen LogP contribution < -0.4 is 0 Å². The third-order valence-electron chi connectivity index (χ3n) is 1.15. The van der Waals surface area contributed by atoms with Crippen molar-refractivity contribution in [1.82, 2.24) is 0 Å². The summed E-state index contributed by atoms with van der Waals surface area (Å²) in [6.45, 7) is 0. The van der Waals surface area contributed by atoms with Crippen LogP contribution in [0, 0.1) is 0 Å². The summed E-state index contributed by atoms with van der Waals surface area (Å²) in [6, 6.07) is 1.61. The highest BCUT2D eigenvalue weighted by Crippen LogP contribution is 2.12. The zero-order valence-electron chi connectivity index (χ0n) is 3.96. The molecule has 1 aliphatic rings. The third-order valence-corrected chi connectivity index (χ3v) is 2.57. The molecule has 0 aromatic carbocycles. The van der Waals surface area contributed by atoms with E-state index in [0.29, 0.717) is 0 Å². The summed E-state index contributed by atoms with van der Waals surface area (Å²) in [7, 11) is 0.769. The van der Waals surface area contributed by atoms with Gasteiger partial charge >= 0.3 is 0 Å². The smallest absolute Gasteiger partial charge is 0.0768 e. The van der Waals surface area contributed by atoms with Gasteiger partial charge in [0.25, 0.3) is 0 Å². The largest absolute Gasteiger partial charge is 0.391 e. The normalized spacial score (nSPS) is 42.0. The quantitative estimate of drug-likeness (QED) is 0.409. The SMILES string of the molecule is O[C@@H]1C[Si]C[C@H]1O. The molecule has 1 fully saturated rings. The van der Waals surface area contributed by atoms with E-state index in [-0.39, 0.29) is 0 Å². The molecule has 0 aromatic heterocycles. The van der Waals surface area contributed by atoms with Crippen LogP contribution in [0.2, 0.25) is 12.1 Å². The van der Waals surface area contributed by atoms with E-state index >= 15 is 0 Å². The highest BCUT2D eigenvalue weighted by molar-refractivity contribution is 6.37. The summed E-state index contributed by atoms with van der Waals surface area (Å²) in [6.07, 6.45) is -0.836. The Morgan fingerprint density at radius 2 is 1.57 bits per heavy atom. The van der Waals surface area contributed by atoms with Crippen LogP contribution in [0.5, 0.6) is 0 Å². The van der Waals surface area contributed by atoms with Crippen LogP contribution >= 0.6 is 0 Å². The van der Waals surface area contributed by atoms with Crippen LogP contribution in [-0.2, 0) is 0 Å².